The number of rotatable bonds is 6. The first-order valence-corrected chi connectivity index (χ1v) is 6.17. The molecule has 1 aromatic rings. The normalized spacial score (nSPS) is 11.7. The van der Waals surface area contributed by atoms with E-state index in [9.17, 15) is 9.59 Å². The quantitative estimate of drug-likeness (QED) is 0.824. The molecule has 0 saturated carbocycles. The zero-order chi connectivity index (χ0) is 14.4. The fourth-order valence-electron chi connectivity index (χ4n) is 1.80. The summed E-state index contributed by atoms with van der Waals surface area (Å²) in [7, 11) is 1.55. The van der Waals surface area contributed by atoms with Crippen molar-refractivity contribution in [1.82, 2.24) is 5.32 Å². The summed E-state index contributed by atoms with van der Waals surface area (Å²) in [6, 6.07) is 4.20. The van der Waals surface area contributed by atoms with Gasteiger partial charge in [0.15, 0.2) is 0 Å². The van der Waals surface area contributed by atoms with E-state index in [0.29, 0.717) is 24.2 Å². The SMILES string of the molecule is CCCC(NC(=O)c1ccc(OC)cc1C)C(=O)O. The van der Waals surface area contributed by atoms with E-state index in [0.717, 1.165) is 5.56 Å². The van der Waals surface area contributed by atoms with Gasteiger partial charge in [-0.25, -0.2) is 4.79 Å². The number of ether oxygens (including phenoxy) is 1. The molecule has 0 aliphatic rings. The molecule has 0 heterocycles. The molecule has 19 heavy (non-hydrogen) atoms. The van der Waals surface area contributed by atoms with Crippen LogP contribution in [0.4, 0.5) is 0 Å². The van der Waals surface area contributed by atoms with Crippen LogP contribution in [0.25, 0.3) is 0 Å². The zero-order valence-corrected chi connectivity index (χ0v) is 11.4. The summed E-state index contributed by atoms with van der Waals surface area (Å²) in [6.07, 6.45) is 1.11. The first-order valence-electron chi connectivity index (χ1n) is 6.17. The molecule has 1 amide bonds. The lowest BCUT2D eigenvalue weighted by atomic mass is 10.1. The summed E-state index contributed by atoms with van der Waals surface area (Å²) in [5, 5.41) is 11.5. The summed E-state index contributed by atoms with van der Waals surface area (Å²) in [4.78, 5) is 23.0. The standard InChI is InChI=1S/C14H19NO4/c1-4-5-12(14(17)18)15-13(16)11-7-6-10(19-3)8-9(11)2/h6-8,12H,4-5H2,1-3H3,(H,15,16)(H,17,18). The average Bonchev–Trinajstić information content (AvgIpc) is 2.37. The van der Waals surface area contributed by atoms with Crippen LogP contribution in [0.1, 0.15) is 35.7 Å². The largest absolute Gasteiger partial charge is 0.497 e. The number of aryl methyl sites for hydroxylation is 1. The zero-order valence-electron chi connectivity index (χ0n) is 11.4. The molecule has 0 aliphatic heterocycles. The Morgan fingerprint density at radius 3 is 2.58 bits per heavy atom. The molecule has 5 heteroatoms. The van der Waals surface area contributed by atoms with Crippen molar-refractivity contribution in [3.05, 3.63) is 29.3 Å². The fourth-order valence-corrected chi connectivity index (χ4v) is 1.80. The van der Waals surface area contributed by atoms with Gasteiger partial charge in [0, 0.05) is 5.56 Å². The Kier molecular flexibility index (Phi) is 5.36. The lowest BCUT2D eigenvalue weighted by Crippen LogP contribution is -2.40. The van der Waals surface area contributed by atoms with Gasteiger partial charge in [0.2, 0.25) is 0 Å². The number of carboxylic acids is 1. The van der Waals surface area contributed by atoms with Crippen LogP contribution >= 0.6 is 0 Å². The molecule has 0 aromatic heterocycles. The maximum Gasteiger partial charge on any atom is 0.326 e. The van der Waals surface area contributed by atoms with Gasteiger partial charge in [-0.05, 0) is 37.1 Å². The van der Waals surface area contributed by atoms with Gasteiger partial charge in [-0.3, -0.25) is 4.79 Å². The van der Waals surface area contributed by atoms with Gasteiger partial charge in [-0.15, -0.1) is 0 Å². The van der Waals surface area contributed by atoms with Gasteiger partial charge in [0.05, 0.1) is 7.11 Å². The van der Waals surface area contributed by atoms with Crippen molar-refractivity contribution >= 4 is 11.9 Å². The molecule has 2 N–H and O–H groups in total. The number of amides is 1. The van der Waals surface area contributed by atoms with Crippen molar-refractivity contribution in [2.75, 3.05) is 7.11 Å². The Morgan fingerprint density at radius 2 is 2.11 bits per heavy atom. The molecular weight excluding hydrogens is 246 g/mol. The maximum absolute atomic E-state index is 12.0. The van der Waals surface area contributed by atoms with Crippen LogP contribution in [0, 0.1) is 6.92 Å². The molecule has 0 aliphatic carbocycles. The smallest absolute Gasteiger partial charge is 0.326 e. The molecular formula is C14H19NO4. The highest BCUT2D eigenvalue weighted by molar-refractivity contribution is 5.97. The highest BCUT2D eigenvalue weighted by Crippen LogP contribution is 2.17. The Hall–Kier alpha value is -2.04. The minimum Gasteiger partial charge on any atom is -0.497 e. The van der Waals surface area contributed by atoms with Crippen LogP contribution in [0.5, 0.6) is 5.75 Å². The molecule has 1 unspecified atom stereocenters. The number of carbonyl (C=O) groups is 2. The van der Waals surface area contributed by atoms with Crippen LogP contribution in [-0.4, -0.2) is 30.1 Å². The molecule has 0 fully saturated rings. The summed E-state index contributed by atoms with van der Waals surface area (Å²) in [5.41, 5.74) is 1.21. The molecule has 1 rings (SSSR count). The first kappa shape index (κ1) is 15.0. The lowest BCUT2D eigenvalue weighted by molar-refractivity contribution is -0.139. The summed E-state index contributed by atoms with van der Waals surface area (Å²) in [6.45, 7) is 3.66. The number of carboxylic acid groups (broad SMARTS) is 1. The van der Waals surface area contributed by atoms with Gasteiger partial charge in [0.25, 0.3) is 5.91 Å². The topological polar surface area (TPSA) is 75.6 Å². The number of hydrogen-bond acceptors (Lipinski definition) is 3. The number of benzene rings is 1. The minimum absolute atomic E-state index is 0.374. The number of aliphatic carboxylic acids is 1. The average molecular weight is 265 g/mol. The van der Waals surface area contributed by atoms with E-state index in [-0.39, 0.29) is 5.91 Å². The van der Waals surface area contributed by atoms with E-state index in [1.54, 1.807) is 32.2 Å². The number of nitrogens with one attached hydrogen (secondary N) is 1. The third kappa shape index (κ3) is 3.98. The summed E-state index contributed by atoms with van der Waals surface area (Å²) in [5.74, 6) is -0.722. The molecule has 0 saturated heterocycles. The monoisotopic (exact) mass is 265 g/mol. The van der Waals surface area contributed by atoms with Crippen molar-refractivity contribution in [2.45, 2.75) is 32.7 Å². The predicted molar refractivity (Wildman–Crippen MR) is 71.5 cm³/mol. The van der Waals surface area contributed by atoms with E-state index in [4.69, 9.17) is 9.84 Å². The van der Waals surface area contributed by atoms with Gasteiger partial charge < -0.3 is 15.2 Å². The van der Waals surface area contributed by atoms with Crippen molar-refractivity contribution in [2.24, 2.45) is 0 Å². The molecule has 1 aromatic carbocycles. The van der Waals surface area contributed by atoms with Crippen LogP contribution in [0.15, 0.2) is 18.2 Å². The Balaban J connectivity index is 2.85. The van der Waals surface area contributed by atoms with Gasteiger partial charge in [0.1, 0.15) is 11.8 Å². The van der Waals surface area contributed by atoms with E-state index < -0.39 is 12.0 Å². The molecule has 0 radical (unpaired) electrons. The third-order valence-electron chi connectivity index (χ3n) is 2.86. The molecule has 104 valence electrons. The Morgan fingerprint density at radius 1 is 1.42 bits per heavy atom. The predicted octanol–water partition coefficient (Wildman–Crippen LogP) is 1.99. The molecule has 0 bridgehead atoms. The van der Waals surface area contributed by atoms with Crippen molar-refractivity contribution in [1.29, 1.82) is 0 Å². The number of methoxy groups -OCH3 is 1. The molecule has 5 nitrogen and oxygen atoms in total. The Labute approximate surface area is 112 Å². The van der Waals surface area contributed by atoms with E-state index in [1.165, 1.54) is 0 Å². The van der Waals surface area contributed by atoms with Crippen LogP contribution in [0.3, 0.4) is 0 Å². The fraction of sp³-hybridized carbons (Fsp3) is 0.429. The lowest BCUT2D eigenvalue weighted by Gasteiger charge is -2.15. The van der Waals surface area contributed by atoms with Crippen molar-refractivity contribution in [3.63, 3.8) is 0 Å². The van der Waals surface area contributed by atoms with E-state index in [1.807, 2.05) is 6.92 Å². The third-order valence-corrected chi connectivity index (χ3v) is 2.86. The minimum atomic E-state index is -1.01. The van der Waals surface area contributed by atoms with Crippen LogP contribution in [0.2, 0.25) is 0 Å². The second-order valence-corrected chi connectivity index (χ2v) is 4.33. The second-order valence-electron chi connectivity index (χ2n) is 4.33. The summed E-state index contributed by atoms with van der Waals surface area (Å²) < 4.78 is 5.06. The van der Waals surface area contributed by atoms with Gasteiger partial charge >= 0.3 is 5.97 Å². The first-order chi connectivity index (χ1) is 8.99. The number of carbonyl (C=O) groups excluding carboxylic acids is 1. The maximum atomic E-state index is 12.0. The van der Waals surface area contributed by atoms with Gasteiger partial charge in [-0.2, -0.15) is 0 Å². The number of hydrogen-bond donors (Lipinski definition) is 2. The van der Waals surface area contributed by atoms with Crippen molar-refractivity contribution < 1.29 is 19.4 Å². The second kappa shape index (κ2) is 6.78. The van der Waals surface area contributed by atoms with E-state index >= 15 is 0 Å². The van der Waals surface area contributed by atoms with Crippen LogP contribution in [-0.2, 0) is 4.79 Å². The molecule has 0 spiro atoms. The molecule has 1 atom stereocenters. The summed E-state index contributed by atoms with van der Waals surface area (Å²) >= 11 is 0. The highest BCUT2D eigenvalue weighted by atomic mass is 16.5. The highest BCUT2D eigenvalue weighted by Gasteiger charge is 2.20. The van der Waals surface area contributed by atoms with Crippen molar-refractivity contribution in [3.8, 4) is 5.75 Å². The van der Waals surface area contributed by atoms with Crippen LogP contribution < -0.4 is 10.1 Å². The van der Waals surface area contributed by atoms with E-state index in [2.05, 4.69) is 5.32 Å². The Bertz CT molecular complexity index is 471. The van der Waals surface area contributed by atoms with Gasteiger partial charge in [-0.1, -0.05) is 13.3 Å².